The maximum atomic E-state index is 3.78. The molecule has 114 valence electrons. The quantitative estimate of drug-likeness (QED) is 0.759. The fourth-order valence-corrected chi connectivity index (χ4v) is 5.18. The summed E-state index contributed by atoms with van der Waals surface area (Å²) in [5, 5.41) is 8.30. The molecule has 1 aliphatic rings. The second-order valence-electron chi connectivity index (χ2n) is 6.08. The molecule has 0 aliphatic heterocycles. The Bertz CT molecular complexity index is 408. The molecule has 1 N–H and O–H groups in total. The molecule has 4 heteroatoms. The van der Waals surface area contributed by atoms with Gasteiger partial charge in [-0.1, -0.05) is 32.6 Å². The van der Waals surface area contributed by atoms with Gasteiger partial charge in [-0.05, 0) is 60.4 Å². The molecule has 0 amide bonds. The lowest BCUT2D eigenvalue weighted by Crippen LogP contribution is -2.53. The zero-order valence-corrected chi connectivity index (χ0v) is 15.3. The molecule has 1 aromatic heterocycles. The second-order valence-corrected chi connectivity index (χ2v) is 7.68. The highest BCUT2D eigenvalue weighted by Gasteiger charge is 2.42. The fraction of sp³-hybridized carbons (Fsp3) is 0.750. The molecule has 1 aromatic rings. The van der Waals surface area contributed by atoms with E-state index in [1.807, 2.05) is 0 Å². The molecule has 0 bridgehead atoms. The summed E-state index contributed by atoms with van der Waals surface area (Å²) in [5.74, 6) is 0. The Morgan fingerprint density at radius 2 is 1.90 bits per heavy atom. The highest BCUT2D eigenvalue weighted by atomic mass is 79.9. The van der Waals surface area contributed by atoms with E-state index >= 15 is 0 Å². The second kappa shape index (κ2) is 7.39. The van der Waals surface area contributed by atoms with E-state index in [2.05, 4.69) is 57.9 Å². The highest BCUT2D eigenvalue weighted by molar-refractivity contribution is 9.10. The minimum absolute atomic E-state index is 0.246. The molecular weight excluding hydrogens is 332 g/mol. The minimum Gasteiger partial charge on any atom is -0.309 e. The first-order valence-corrected chi connectivity index (χ1v) is 9.48. The van der Waals surface area contributed by atoms with E-state index < -0.39 is 0 Å². The molecule has 1 heterocycles. The number of halogens is 1. The van der Waals surface area contributed by atoms with Crippen molar-refractivity contribution >= 4 is 27.3 Å². The monoisotopic (exact) mass is 358 g/mol. The van der Waals surface area contributed by atoms with Crippen LogP contribution in [0.4, 0.5) is 0 Å². The van der Waals surface area contributed by atoms with Crippen LogP contribution in [0, 0.1) is 0 Å². The van der Waals surface area contributed by atoms with Gasteiger partial charge in [-0.25, -0.2) is 0 Å². The van der Waals surface area contributed by atoms with Crippen LogP contribution < -0.4 is 5.32 Å². The third-order valence-electron chi connectivity index (χ3n) is 4.76. The van der Waals surface area contributed by atoms with Crippen LogP contribution >= 0.6 is 27.3 Å². The molecule has 0 radical (unpaired) electrons. The van der Waals surface area contributed by atoms with Crippen molar-refractivity contribution in [3.05, 3.63) is 20.8 Å². The van der Waals surface area contributed by atoms with Gasteiger partial charge in [-0.2, -0.15) is 11.3 Å². The topological polar surface area (TPSA) is 15.3 Å². The standard InChI is InChI=1S/C16H27BrN2S/c1-4-18-15(13-11-20-12-14(13)17)16(19(2)3)9-7-5-6-8-10-16/h11-12,15,18H,4-10H2,1-3H3. The van der Waals surface area contributed by atoms with Crippen LogP contribution in [-0.4, -0.2) is 31.1 Å². The molecule has 2 rings (SSSR count). The lowest BCUT2D eigenvalue weighted by Gasteiger charge is -2.46. The predicted molar refractivity (Wildman–Crippen MR) is 92.6 cm³/mol. The summed E-state index contributed by atoms with van der Waals surface area (Å²) in [6, 6.07) is 0.418. The number of thiophene rings is 1. The molecule has 0 spiro atoms. The highest BCUT2D eigenvalue weighted by Crippen LogP contribution is 2.43. The Balaban J connectivity index is 2.39. The average molecular weight is 359 g/mol. The van der Waals surface area contributed by atoms with Gasteiger partial charge in [0, 0.05) is 15.4 Å². The van der Waals surface area contributed by atoms with Crippen LogP contribution in [0.25, 0.3) is 0 Å². The molecule has 2 nitrogen and oxygen atoms in total. The summed E-state index contributed by atoms with van der Waals surface area (Å²) >= 11 is 5.54. The van der Waals surface area contributed by atoms with Crippen LogP contribution in [0.3, 0.4) is 0 Å². The van der Waals surface area contributed by atoms with Gasteiger partial charge in [0.15, 0.2) is 0 Å². The van der Waals surface area contributed by atoms with Gasteiger partial charge in [-0.3, -0.25) is 0 Å². The summed E-state index contributed by atoms with van der Waals surface area (Å²) < 4.78 is 1.26. The Labute approximate surface area is 136 Å². The van der Waals surface area contributed by atoms with Gasteiger partial charge < -0.3 is 10.2 Å². The van der Waals surface area contributed by atoms with E-state index in [0.29, 0.717) is 6.04 Å². The first-order chi connectivity index (χ1) is 9.62. The molecule has 0 aromatic carbocycles. The van der Waals surface area contributed by atoms with E-state index in [1.165, 1.54) is 48.6 Å². The number of rotatable bonds is 5. The summed E-state index contributed by atoms with van der Waals surface area (Å²) in [6.45, 7) is 3.23. The molecule has 1 aliphatic carbocycles. The maximum absolute atomic E-state index is 3.78. The Hall–Kier alpha value is 0.1000. The van der Waals surface area contributed by atoms with Crippen LogP contribution in [0.15, 0.2) is 15.2 Å². The van der Waals surface area contributed by atoms with E-state index in [4.69, 9.17) is 0 Å². The number of likely N-dealkylation sites (N-methyl/N-ethyl adjacent to an activating group) is 2. The summed E-state index contributed by atoms with van der Waals surface area (Å²) in [6.07, 6.45) is 8.06. The zero-order chi connectivity index (χ0) is 14.6. The van der Waals surface area contributed by atoms with Crippen molar-refractivity contribution in [3.8, 4) is 0 Å². The van der Waals surface area contributed by atoms with Crippen molar-refractivity contribution in [2.45, 2.75) is 57.0 Å². The number of nitrogens with one attached hydrogen (secondary N) is 1. The number of hydrogen-bond donors (Lipinski definition) is 1. The third-order valence-corrected chi connectivity index (χ3v) is 6.51. The first kappa shape index (κ1) is 16.5. The Morgan fingerprint density at radius 3 is 2.35 bits per heavy atom. The Kier molecular flexibility index (Phi) is 6.09. The van der Waals surface area contributed by atoms with Crippen LogP contribution in [0.1, 0.15) is 57.1 Å². The van der Waals surface area contributed by atoms with E-state index in [-0.39, 0.29) is 5.54 Å². The van der Waals surface area contributed by atoms with Crippen LogP contribution in [0.5, 0.6) is 0 Å². The predicted octanol–water partition coefficient (Wildman–Crippen LogP) is 4.82. The lowest BCUT2D eigenvalue weighted by atomic mass is 9.78. The molecule has 20 heavy (non-hydrogen) atoms. The van der Waals surface area contributed by atoms with Gasteiger partial charge in [0.05, 0.1) is 6.04 Å². The third kappa shape index (κ3) is 3.29. The van der Waals surface area contributed by atoms with Gasteiger partial charge in [0.25, 0.3) is 0 Å². The molecular formula is C16H27BrN2S. The molecule has 1 fully saturated rings. The fourth-order valence-electron chi connectivity index (χ4n) is 3.63. The van der Waals surface area contributed by atoms with E-state index in [0.717, 1.165) is 6.54 Å². The molecule has 1 saturated carbocycles. The van der Waals surface area contributed by atoms with Crippen molar-refractivity contribution < 1.29 is 0 Å². The molecule has 1 atom stereocenters. The van der Waals surface area contributed by atoms with Gasteiger partial charge >= 0.3 is 0 Å². The average Bonchev–Trinajstić information content (AvgIpc) is 2.69. The van der Waals surface area contributed by atoms with Crippen molar-refractivity contribution in [1.29, 1.82) is 0 Å². The SMILES string of the molecule is CCNC(c1cscc1Br)C1(N(C)C)CCCCCC1. The number of nitrogens with zero attached hydrogens (tertiary/aromatic N) is 1. The normalized spacial score (nSPS) is 20.9. The van der Waals surface area contributed by atoms with Crippen molar-refractivity contribution in [2.75, 3.05) is 20.6 Å². The van der Waals surface area contributed by atoms with Gasteiger partial charge in [-0.15, -0.1) is 0 Å². The molecule has 0 saturated heterocycles. The van der Waals surface area contributed by atoms with Crippen LogP contribution in [0.2, 0.25) is 0 Å². The zero-order valence-electron chi connectivity index (χ0n) is 12.9. The van der Waals surface area contributed by atoms with E-state index in [9.17, 15) is 0 Å². The van der Waals surface area contributed by atoms with Crippen molar-refractivity contribution in [2.24, 2.45) is 0 Å². The molecule has 1 unspecified atom stereocenters. The first-order valence-electron chi connectivity index (χ1n) is 7.74. The van der Waals surface area contributed by atoms with E-state index in [1.54, 1.807) is 11.3 Å². The minimum atomic E-state index is 0.246. The Morgan fingerprint density at radius 1 is 1.25 bits per heavy atom. The smallest absolute Gasteiger partial charge is 0.0526 e. The van der Waals surface area contributed by atoms with Gasteiger partial charge in [0.2, 0.25) is 0 Å². The summed E-state index contributed by atoms with van der Waals surface area (Å²) in [7, 11) is 4.52. The number of hydrogen-bond acceptors (Lipinski definition) is 3. The lowest BCUT2D eigenvalue weighted by molar-refractivity contribution is 0.0806. The summed E-state index contributed by atoms with van der Waals surface area (Å²) in [4.78, 5) is 2.48. The van der Waals surface area contributed by atoms with Crippen molar-refractivity contribution in [1.82, 2.24) is 10.2 Å². The largest absolute Gasteiger partial charge is 0.309 e. The van der Waals surface area contributed by atoms with Crippen LogP contribution in [-0.2, 0) is 0 Å². The summed E-state index contributed by atoms with van der Waals surface area (Å²) in [5.41, 5.74) is 1.68. The van der Waals surface area contributed by atoms with Crippen molar-refractivity contribution in [3.63, 3.8) is 0 Å². The van der Waals surface area contributed by atoms with Gasteiger partial charge in [0.1, 0.15) is 0 Å². The maximum Gasteiger partial charge on any atom is 0.0526 e.